The highest BCUT2D eigenvalue weighted by Crippen LogP contribution is 2.32. The summed E-state index contributed by atoms with van der Waals surface area (Å²) in [5, 5.41) is 8.61. The van der Waals surface area contributed by atoms with E-state index in [9.17, 15) is 8.78 Å². The summed E-state index contributed by atoms with van der Waals surface area (Å²) in [6, 6.07) is 4.63. The summed E-state index contributed by atoms with van der Waals surface area (Å²) >= 11 is 4.45. The molecule has 0 spiro atoms. The number of thioether (sulfide) groups is 1. The Hall–Kier alpha value is -0.130. The number of hydrogen-bond acceptors (Lipinski definition) is 2. The molecule has 1 rings (SSSR count). The summed E-state index contributed by atoms with van der Waals surface area (Å²) in [7, 11) is 0. The summed E-state index contributed by atoms with van der Waals surface area (Å²) in [5.41, 5.74) is 0.0200. The van der Waals surface area contributed by atoms with Gasteiger partial charge in [0, 0.05) is 20.7 Å². The van der Waals surface area contributed by atoms with Crippen LogP contribution in [0.15, 0.2) is 27.6 Å². The summed E-state index contributed by atoms with van der Waals surface area (Å²) in [4.78, 5) is 0.517. The van der Waals surface area contributed by atoms with Crippen LogP contribution in [0.25, 0.3) is 0 Å². The van der Waals surface area contributed by atoms with Crippen molar-refractivity contribution in [3.8, 4) is 0 Å². The molecular weight excluding hydrogens is 274 g/mol. The minimum atomic E-state index is -2.47. The second-order valence-corrected chi connectivity index (χ2v) is 4.61. The van der Waals surface area contributed by atoms with Gasteiger partial charge in [0.25, 0.3) is 6.43 Å². The summed E-state index contributed by atoms with van der Waals surface area (Å²) in [5.74, 6) is 0.427. The van der Waals surface area contributed by atoms with Crippen LogP contribution in [0.1, 0.15) is 12.0 Å². The molecule has 0 heterocycles. The molecule has 0 atom stereocenters. The average Bonchev–Trinajstić information content (AvgIpc) is 2.14. The van der Waals surface area contributed by atoms with Gasteiger partial charge < -0.3 is 5.11 Å². The number of alkyl halides is 2. The number of aliphatic hydroxyl groups excluding tert-OH is 1. The molecule has 1 aromatic carbocycles. The van der Waals surface area contributed by atoms with Crippen molar-refractivity contribution in [3.05, 3.63) is 28.2 Å². The standard InChI is InChI=1S/C9H9BrF2OS/c10-6-1-2-7(9(11)12)8(5-6)14-4-3-13/h1-2,5,9,13H,3-4H2. The lowest BCUT2D eigenvalue weighted by molar-refractivity contribution is 0.148. The van der Waals surface area contributed by atoms with Crippen LogP contribution in [0.3, 0.4) is 0 Å². The molecule has 0 unspecified atom stereocenters. The fourth-order valence-corrected chi connectivity index (χ4v) is 2.33. The van der Waals surface area contributed by atoms with Crippen LogP contribution in [0, 0.1) is 0 Å². The van der Waals surface area contributed by atoms with Gasteiger partial charge in [0.1, 0.15) is 0 Å². The fourth-order valence-electron chi connectivity index (χ4n) is 0.969. The van der Waals surface area contributed by atoms with E-state index < -0.39 is 6.43 Å². The molecule has 14 heavy (non-hydrogen) atoms. The van der Waals surface area contributed by atoms with Crippen LogP contribution in [-0.2, 0) is 0 Å². The normalized spacial score (nSPS) is 10.9. The third-order valence-corrected chi connectivity index (χ3v) is 3.10. The summed E-state index contributed by atoms with van der Waals surface area (Å²) < 4.78 is 25.8. The first-order valence-electron chi connectivity index (χ1n) is 3.96. The summed E-state index contributed by atoms with van der Waals surface area (Å²) in [6.07, 6.45) is -2.47. The Kier molecular flexibility index (Phi) is 4.84. The van der Waals surface area contributed by atoms with E-state index in [1.54, 1.807) is 12.1 Å². The lowest BCUT2D eigenvalue weighted by Crippen LogP contribution is -1.91. The predicted molar refractivity (Wildman–Crippen MR) is 56.9 cm³/mol. The number of benzene rings is 1. The lowest BCUT2D eigenvalue weighted by atomic mass is 10.2. The minimum Gasteiger partial charge on any atom is -0.396 e. The van der Waals surface area contributed by atoms with Gasteiger partial charge in [-0.15, -0.1) is 11.8 Å². The quantitative estimate of drug-likeness (QED) is 0.854. The van der Waals surface area contributed by atoms with Crippen molar-refractivity contribution in [2.24, 2.45) is 0 Å². The Morgan fingerprint density at radius 3 is 2.71 bits per heavy atom. The van der Waals surface area contributed by atoms with Gasteiger partial charge in [0.05, 0.1) is 6.61 Å². The Bertz CT molecular complexity index is 307. The third-order valence-electron chi connectivity index (χ3n) is 1.56. The van der Waals surface area contributed by atoms with Gasteiger partial charge in [-0.05, 0) is 12.1 Å². The molecule has 0 aliphatic rings. The van der Waals surface area contributed by atoms with Gasteiger partial charge in [0.2, 0.25) is 0 Å². The lowest BCUT2D eigenvalue weighted by Gasteiger charge is -2.07. The largest absolute Gasteiger partial charge is 0.396 e. The molecule has 0 saturated carbocycles. The molecule has 0 aromatic heterocycles. The van der Waals surface area contributed by atoms with E-state index in [4.69, 9.17) is 5.11 Å². The number of hydrogen-bond donors (Lipinski definition) is 1. The molecule has 1 N–H and O–H groups in total. The van der Waals surface area contributed by atoms with E-state index in [2.05, 4.69) is 15.9 Å². The van der Waals surface area contributed by atoms with Gasteiger partial charge in [-0.3, -0.25) is 0 Å². The van der Waals surface area contributed by atoms with Gasteiger partial charge in [-0.25, -0.2) is 8.78 Å². The van der Waals surface area contributed by atoms with Crippen molar-refractivity contribution in [2.75, 3.05) is 12.4 Å². The van der Waals surface area contributed by atoms with Crippen molar-refractivity contribution in [3.63, 3.8) is 0 Å². The zero-order valence-corrected chi connectivity index (χ0v) is 9.62. The third kappa shape index (κ3) is 3.22. The maximum Gasteiger partial charge on any atom is 0.264 e. The maximum absolute atomic E-state index is 12.5. The molecule has 0 aliphatic carbocycles. The van der Waals surface area contributed by atoms with Gasteiger partial charge in [-0.2, -0.15) is 0 Å². The number of halogens is 3. The zero-order chi connectivity index (χ0) is 10.6. The Balaban J connectivity index is 2.91. The van der Waals surface area contributed by atoms with E-state index in [1.165, 1.54) is 17.8 Å². The van der Waals surface area contributed by atoms with E-state index in [0.29, 0.717) is 10.6 Å². The van der Waals surface area contributed by atoms with Crippen molar-refractivity contribution >= 4 is 27.7 Å². The molecule has 1 aromatic rings. The van der Waals surface area contributed by atoms with Crippen LogP contribution in [0.5, 0.6) is 0 Å². The Labute approximate surface area is 93.6 Å². The molecule has 0 amide bonds. The van der Waals surface area contributed by atoms with Crippen LogP contribution < -0.4 is 0 Å². The second kappa shape index (κ2) is 5.68. The van der Waals surface area contributed by atoms with E-state index in [1.807, 2.05) is 0 Å². The second-order valence-electron chi connectivity index (χ2n) is 2.55. The highest BCUT2D eigenvalue weighted by molar-refractivity contribution is 9.10. The first-order chi connectivity index (χ1) is 6.65. The molecule has 78 valence electrons. The highest BCUT2D eigenvalue weighted by atomic mass is 79.9. The zero-order valence-electron chi connectivity index (χ0n) is 7.21. The van der Waals surface area contributed by atoms with Gasteiger partial charge in [0.15, 0.2) is 0 Å². The average molecular weight is 283 g/mol. The van der Waals surface area contributed by atoms with Crippen molar-refractivity contribution in [2.45, 2.75) is 11.3 Å². The van der Waals surface area contributed by atoms with Gasteiger partial charge >= 0.3 is 0 Å². The summed E-state index contributed by atoms with van der Waals surface area (Å²) in [6.45, 7) is -0.0140. The van der Waals surface area contributed by atoms with Crippen LogP contribution in [0.4, 0.5) is 8.78 Å². The number of rotatable bonds is 4. The molecule has 0 radical (unpaired) electrons. The smallest absolute Gasteiger partial charge is 0.264 e. The topological polar surface area (TPSA) is 20.2 Å². The van der Waals surface area contributed by atoms with Crippen LogP contribution in [-0.4, -0.2) is 17.5 Å². The van der Waals surface area contributed by atoms with E-state index >= 15 is 0 Å². The molecule has 1 nitrogen and oxygen atoms in total. The fraction of sp³-hybridized carbons (Fsp3) is 0.333. The van der Waals surface area contributed by atoms with E-state index in [0.717, 1.165) is 4.47 Å². The monoisotopic (exact) mass is 282 g/mol. The van der Waals surface area contributed by atoms with Crippen molar-refractivity contribution in [1.29, 1.82) is 0 Å². The first-order valence-corrected chi connectivity index (χ1v) is 5.74. The molecule has 5 heteroatoms. The molecule has 0 fully saturated rings. The highest BCUT2D eigenvalue weighted by Gasteiger charge is 2.12. The van der Waals surface area contributed by atoms with Crippen LogP contribution >= 0.6 is 27.7 Å². The molecule has 0 saturated heterocycles. The Morgan fingerprint density at radius 2 is 2.14 bits per heavy atom. The SMILES string of the molecule is OCCSc1cc(Br)ccc1C(F)F. The van der Waals surface area contributed by atoms with E-state index in [-0.39, 0.29) is 12.2 Å². The maximum atomic E-state index is 12.5. The minimum absolute atomic E-state index is 0.0140. The number of aliphatic hydroxyl groups is 1. The molecular formula is C9H9BrF2OS. The first kappa shape index (κ1) is 11.9. The Morgan fingerprint density at radius 1 is 1.43 bits per heavy atom. The van der Waals surface area contributed by atoms with Gasteiger partial charge in [-0.1, -0.05) is 22.0 Å². The molecule has 0 bridgehead atoms. The van der Waals surface area contributed by atoms with Crippen molar-refractivity contribution in [1.82, 2.24) is 0 Å². The predicted octanol–water partition coefficient (Wildman–Crippen LogP) is 3.47. The molecule has 0 aliphatic heterocycles. The van der Waals surface area contributed by atoms with Crippen LogP contribution in [0.2, 0.25) is 0 Å². The van der Waals surface area contributed by atoms with Crippen molar-refractivity contribution < 1.29 is 13.9 Å².